The molecule has 5 aromatic rings. The van der Waals surface area contributed by atoms with Crippen LogP contribution in [-0.2, 0) is 9.59 Å². The minimum absolute atomic E-state index is 0.0507. The average molecular weight is 634 g/mol. The van der Waals surface area contributed by atoms with E-state index in [9.17, 15) is 24.5 Å². The highest BCUT2D eigenvalue weighted by molar-refractivity contribution is 8.00. The first-order chi connectivity index (χ1) is 22.2. The Labute approximate surface area is 269 Å². The predicted molar refractivity (Wildman–Crippen MR) is 182 cm³/mol. The number of amides is 3. The number of anilines is 2. The molecule has 46 heavy (non-hydrogen) atoms. The zero-order valence-corrected chi connectivity index (χ0v) is 25.9. The molecule has 0 bridgehead atoms. The van der Waals surface area contributed by atoms with Crippen LogP contribution in [0, 0.1) is 17.0 Å². The van der Waals surface area contributed by atoms with Crippen LogP contribution < -0.4 is 16.0 Å². The molecule has 11 heteroatoms. The standard InChI is InChI=1S/C35H31N5O5S/c1-3-32(35(43)38-30-20-26(40(44)45)17-16-22(30)2)46-27-13-9-12-25(19-27)37-34(42)31(39-33(41)23-10-5-4-6-11-23)18-24-21-36-29-15-8-7-14-28(24)29/h4-21,32,36H,3H2,1-2H3,(H,37,42)(H,38,43)(H,39,41)/b31-18-. The molecule has 0 radical (unpaired) electrons. The molecule has 0 saturated heterocycles. The fraction of sp³-hybridized carbons (Fsp3) is 0.114. The summed E-state index contributed by atoms with van der Waals surface area (Å²) in [6.07, 6.45) is 3.89. The minimum Gasteiger partial charge on any atom is -0.361 e. The van der Waals surface area contributed by atoms with E-state index in [1.807, 2.05) is 37.3 Å². The van der Waals surface area contributed by atoms with E-state index in [-0.39, 0.29) is 17.3 Å². The molecule has 1 unspecified atom stereocenters. The lowest BCUT2D eigenvalue weighted by Crippen LogP contribution is -2.30. The summed E-state index contributed by atoms with van der Waals surface area (Å²) in [7, 11) is 0. The summed E-state index contributed by atoms with van der Waals surface area (Å²) >= 11 is 1.31. The third-order valence-electron chi connectivity index (χ3n) is 7.17. The Morgan fingerprint density at radius 3 is 2.46 bits per heavy atom. The largest absolute Gasteiger partial charge is 0.361 e. The Bertz CT molecular complexity index is 1950. The van der Waals surface area contributed by atoms with E-state index in [0.717, 1.165) is 21.4 Å². The van der Waals surface area contributed by atoms with Crippen LogP contribution in [0.4, 0.5) is 17.1 Å². The summed E-state index contributed by atoms with van der Waals surface area (Å²) < 4.78 is 0. The maximum absolute atomic E-state index is 13.6. The topological polar surface area (TPSA) is 146 Å². The van der Waals surface area contributed by atoms with Crippen molar-refractivity contribution in [2.24, 2.45) is 0 Å². The molecule has 3 amide bonds. The van der Waals surface area contributed by atoms with Gasteiger partial charge in [0.25, 0.3) is 17.5 Å². The summed E-state index contributed by atoms with van der Waals surface area (Å²) in [5.41, 5.74) is 3.53. The smallest absolute Gasteiger partial charge is 0.272 e. The number of H-pyrrole nitrogens is 1. The maximum atomic E-state index is 13.6. The number of non-ortho nitro benzene ring substituents is 1. The third kappa shape index (κ3) is 7.69. The number of benzene rings is 4. The second kappa shape index (κ2) is 14.4. The van der Waals surface area contributed by atoms with Crippen LogP contribution >= 0.6 is 11.8 Å². The van der Waals surface area contributed by atoms with E-state index < -0.39 is 22.0 Å². The molecule has 5 rings (SSSR count). The van der Waals surface area contributed by atoms with Crippen molar-refractivity contribution in [1.29, 1.82) is 0 Å². The lowest BCUT2D eigenvalue weighted by molar-refractivity contribution is -0.384. The molecular weight excluding hydrogens is 602 g/mol. The van der Waals surface area contributed by atoms with Crippen LogP contribution in [-0.4, -0.2) is 32.9 Å². The van der Waals surface area contributed by atoms with Gasteiger partial charge in [-0.2, -0.15) is 0 Å². The maximum Gasteiger partial charge on any atom is 0.272 e. The molecule has 4 N–H and O–H groups in total. The van der Waals surface area contributed by atoms with E-state index in [2.05, 4.69) is 20.9 Å². The van der Waals surface area contributed by atoms with Gasteiger partial charge in [0.05, 0.1) is 15.9 Å². The van der Waals surface area contributed by atoms with Crippen LogP contribution in [0.5, 0.6) is 0 Å². The van der Waals surface area contributed by atoms with Gasteiger partial charge in [0.2, 0.25) is 5.91 Å². The van der Waals surface area contributed by atoms with Gasteiger partial charge >= 0.3 is 0 Å². The Morgan fingerprint density at radius 1 is 0.935 bits per heavy atom. The van der Waals surface area contributed by atoms with Gasteiger partial charge in [0, 0.05) is 50.9 Å². The first-order valence-corrected chi connectivity index (χ1v) is 15.4. The van der Waals surface area contributed by atoms with Crippen molar-refractivity contribution >= 4 is 63.5 Å². The van der Waals surface area contributed by atoms with Gasteiger partial charge < -0.3 is 20.9 Å². The number of aromatic nitrogens is 1. The van der Waals surface area contributed by atoms with E-state index in [1.54, 1.807) is 73.8 Å². The number of hydrogen-bond donors (Lipinski definition) is 4. The van der Waals surface area contributed by atoms with Crippen LogP contribution in [0.3, 0.4) is 0 Å². The quantitative estimate of drug-likeness (QED) is 0.0519. The van der Waals surface area contributed by atoms with E-state index >= 15 is 0 Å². The lowest BCUT2D eigenvalue weighted by atomic mass is 10.1. The highest BCUT2D eigenvalue weighted by atomic mass is 32.2. The number of hydrogen-bond acceptors (Lipinski definition) is 6. The van der Waals surface area contributed by atoms with Crippen LogP contribution in [0.1, 0.15) is 34.8 Å². The number of rotatable bonds is 11. The second-order valence-corrected chi connectivity index (χ2v) is 11.7. The molecule has 232 valence electrons. The number of carbonyl (C=O) groups is 3. The number of aryl methyl sites for hydroxylation is 1. The highest BCUT2D eigenvalue weighted by Gasteiger charge is 2.21. The Hall–Kier alpha value is -5.68. The normalized spacial score (nSPS) is 11.9. The van der Waals surface area contributed by atoms with Crippen LogP contribution in [0.2, 0.25) is 0 Å². The molecular formula is C35H31N5O5S. The molecule has 0 saturated carbocycles. The third-order valence-corrected chi connectivity index (χ3v) is 8.53. The van der Waals surface area contributed by atoms with Crippen molar-refractivity contribution in [2.45, 2.75) is 30.4 Å². The van der Waals surface area contributed by atoms with E-state index in [0.29, 0.717) is 28.9 Å². The number of nitro groups is 1. The molecule has 0 aliphatic carbocycles. The number of carbonyl (C=O) groups excluding carboxylic acids is 3. The Balaban J connectivity index is 1.34. The van der Waals surface area contributed by atoms with Gasteiger partial charge in [-0.3, -0.25) is 24.5 Å². The molecule has 0 spiro atoms. The van der Waals surface area contributed by atoms with Gasteiger partial charge in [-0.25, -0.2) is 0 Å². The summed E-state index contributed by atoms with van der Waals surface area (Å²) in [4.78, 5) is 54.5. The molecule has 4 aromatic carbocycles. The molecule has 0 fully saturated rings. The fourth-order valence-corrected chi connectivity index (χ4v) is 5.73. The van der Waals surface area contributed by atoms with Crippen molar-refractivity contribution in [3.63, 3.8) is 0 Å². The SMILES string of the molecule is CCC(Sc1cccc(NC(=O)/C(=C/c2c[nH]c3ccccc23)NC(=O)c2ccccc2)c1)C(=O)Nc1cc([N+](=O)[O-])ccc1C. The number of aromatic amines is 1. The van der Waals surface area contributed by atoms with Crippen molar-refractivity contribution in [3.05, 3.63) is 136 Å². The van der Waals surface area contributed by atoms with E-state index in [4.69, 9.17) is 0 Å². The zero-order chi connectivity index (χ0) is 32.6. The highest BCUT2D eigenvalue weighted by Crippen LogP contribution is 2.30. The molecule has 10 nitrogen and oxygen atoms in total. The molecule has 1 heterocycles. The Kier molecular flexibility index (Phi) is 9.94. The predicted octanol–water partition coefficient (Wildman–Crippen LogP) is 7.30. The monoisotopic (exact) mass is 633 g/mol. The molecule has 0 aliphatic heterocycles. The number of fused-ring (bicyclic) bond motifs is 1. The number of para-hydroxylation sites is 1. The summed E-state index contributed by atoms with van der Waals surface area (Å²) in [6, 6.07) is 27.7. The van der Waals surface area contributed by atoms with Gasteiger partial charge in [0.15, 0.2) is 0 Å². The summed E-state index contributed by atoms with van der Waals surface area (Å²) in [6.45, 7) is 3.64. The lowest BCUT2D eigenvalue weighted by Gasteiger charge is -2.17. The average Bonchev–Trinajstić information content (AvgIpc) is 3.47. The number of nitrogens with one attached hydrogen (secondary N) is 4. The second-order valence-electron chi connectivity index (χ2n) is 10.4. The van der Waals surface area contributed by atoms with Gasteiger partial charge in [-0.15, -0.1) is 11.8 Å². The van der Waals surface area contributed by atoms with Crippen molar-refractivity contribution in [3.8, 4) is 0 Å². The molecule has 1 aromatic heterocycles. The molecule has 0 aliphatic rings. The fourth-order valence-electron chi connectivity index (χ4n) is 4.71. The van der Waals surface area contributed by atoms with Gasteiger partial charge in [0.1, 0.15) is 5.70 Å². The first kappa shape index (κ1) is 31.7. The van der Waals surface area contributed by atoms with Crippen molar-refractivity contribution in [2.75, 3.05) is 10.6 Å². The summed E-state index contributed by atoms with van der Waals surface area (Å²) in [5.74, 6) is -1.25. The van der Waals surface area contributed by atoms with Gasteiger partial charge in [-0.05, 0) is 61.4 Å². The van der Waals surface area contributed by atoms with Crippen molar-refractivity contribution in [1.82, 2.24) is 10.3 Å². The van der Waals surface area contributed by atoms with Crippen LogP contribution in [0.25, 0.3) is 17.0 Å². The Morgan fingerprint density at radius 2 is 1.70 bits per heavy atom. The molecule has 1 atom stereocenters. The summed E-state index contributed by atoms with van der Waals surface area (Å²) in [5, 5.41) is 20.1. The number of nitrogens with zero attached hydrogens (tertiary/aromatic N) is 1. The van der Waals surface area contributed by atoms with Crippen molar-refractivity contribution < 1.29 is 19.3 Å². The number of thioether (sulfide) groups is 1. The van der Waals surface area contributed by atoms with Gasteiger partial charge in [-0.1, -0.05) is 55.5 Å². The van der Waals surface area contributed by atoms with Crippen LogP contribution in [0.15, 0.2) is 114 Å². The van der Waals surface area contributed by atoms with E-state index in [1.165, 1.54) is 23.9 Å². The minimum atomic E-state index is -0.525. The zero-order valence-electron chi connectivity index (χ0n) is 25.1. The number of nitro benzene ring substituents is 1. The first-order valence-electron chi connectivity index (χ1n) is 14.5.